The maximum absolute atomic E-state index is 12.0. The number of hydrogen-bond donors (Lipinski definition) is 2. The van der Waals surface area contributed by atoms with Crippen molar-refractivity contribution in [3.63, 3.8) is 0 Å². The maximum Gasteiger partial charge on any atom is 0.239 e. The van der Waals surface area contributed by atoms with Crippen LogP contribution in [-0.4, -0.2) is 52.6 Å². The fourth-order valence-electron chi connectivity index (χ4n) is 6.74. The van der Waals surface area contributed by atoms with Crippen molar-refractivity contribution >= 4 is 22.8 Å². The summed E-state index contributed by atoms with van der Waals surface area (Å²) in [5.74, 6) is 2.79. The van der Waals surface area contributed by atoms with Gasteiger partial charge in [-0.3, -0.25) is 15.1 Å². The smallest absolute Gasteiger partial charge is 0.239 e. The van der Waals surface area contributed by atoms with Gasteiger partial charge < -0.3 is 19.5 Å². The van der Waals surface area contributed by atoms with Gasteiger partial charge in [0.1, 0.15) is 36.1 Å². The molecule has 0 aromatic heterocycles. The van der Waals surface area contributed by atoms with Crippen LogP contribution in [0.4, 0.5) is 0 Å². The summed E-state index contributed by atoms with van der Waals surface area (Å²) in [5, 5.41) is 10.2. The zero-order valence-electron chi connectivity index (χ0n) is 26.2. The molecule has 0 radical (unpaired) electrons. The van der Waals surface area contributed by atoms with Crippen LogP contribution in [0.1, 0.15) is 59.6 Å². The van der Waals surface area contributed by atoms with E-state index in [9.17, 15) is 4.79 Å². The lowest BCUT2D eigenvalue weighted by Crippen LogP contribution is -2.50. The average Bonchev–Trinajstić information content (AvgIpc) is 3.59. The number of carbonyl (C=O) groups is 1. The fraction of sp³-hybridized carbons (Fsp3) is 0.444. The molecule has 0 saturated carbocycles. The first kappa shape index (κ1) is 30.5. The number of thioether (sulfide) groups is 1. The van der Waals surface area contributed by atoms with Crippen LogP contribution in [0.15, 0.2) is 54.6 Å². The second-order valence-corrected chi connectivity index (χ2v) is 13.9. The molecule has 0 aliphatic carbocycles. The van der Waals surface area contributed by atoms with Crippen molar-refractivity contribution < 1.29 is 19.0 Å². The molecule has 232 valence electrons. The minimum absolute atomic E-state index is 0.0844. The molecule has 0 bridgehead atoms. The van der Waals surface area contributed by atoms with E-state index < -0.39 is 0 Å². The maximum atomic E-state index is 12.0. The van der Waals surface area contributed by atoms with Crippen LogP contribution in [0.5, 0.6) is 17.2 Å². The molecule has 6 rings (SSSR count). The van der Waals surface area contributed by atoms with Crippen LogP contribution in [0.3, 0.4) is 0 Å². The lowest BCUT2D eigenvalue weighted by Gasteiger charge is -2.41. The number of hydrogen-bond acceptors (Lipinski definition) is 7. The first-order chi connectivity index (χ1) is 21.2. The van der Waals surface area contributed by atoms with E-state index in [4.69, 9.17) is 19.6 Å². The number of amides is 1. The van der Waals surface area contributed by atoms with Crippen molar-refractivity contribution in [3.8, 4) is 17.2 Å². The minimum Gasteiger partial charge on any atom is -0.492 e. The molecule has 3 aromatic carbocycles. The Hall–Kier alpha value is -3.49. The van der Waals surface area contributed by atoms with E-state index in [2.05, 4.69) is 50.0 Å². The third-order valence-electron chi connectivity index (χ3n) is 9.40. The number of amidine groups is 1. The molecular weight excluding hydrogens is 570 g/mol. The van der Waals surface area contributed by atoms with Gasteiger partial charge in [-0.2, -0.15) is 0 Å². The molecule has 3 aromatic rings. The highest BCUT2D eigenvalue weighted by Gasteiger charge is 2.39. The number of likely N-dealkylation sites (tertiary alicyclic amines) is 1. The molecule has 3 atom stereocenters. The monoisotopic (exact) mass is 613 g/mol. The van der Waals surface area contributed by atoms with Crippen molar-refractivity contribution in [2.45, 2.75) is 83.3 Å². The predicted octanol–water partition coefficient (Wildman–Crippen LogP) is 6.53. The molecule has 3 aliphatic heterocycles. The molecule has 0 spiro atoms. The number of carbonyl (C=O) groups excluding carboxylic acids is 1. The Bertz CT molecular complexity index is 1530. The van der Waals surface area contributed by atoms with E-state index in [1.165, 1.54) is 34.0 Å². The van der Waals surface area contributed by atoms with Gasteiger partial charge in [-0.25, -0.2) is 0 Å². The second kappa shape index (κ2) is 12.9. The van der Waals surface area contributed by atoms with E-state index in [0.717, 1.165) is 67.1 Å². The summed E-state index contributed by atoms with van der Waals surface area (Å²) in [6, 6.07) is 18.7. The van der Waals surface area contributed by atoms with E-state index in [-0.39, 0.29) is 21.9 Å². The van der Waals surface area contributed by atoms with Crippen LogP contribution < -0.4 is 19.5 Å². The third-order valence-corrected chi connectivity index (χ3v) is 10.4. The number of nitrogens with zero attached hydrogens (tertiary/aromatic N) is 1. The van der Waals surface area contributed by atoms with Crippen LogP contribution in [0, 0.1) is 26.2 Å². The second-order valence-electron chi connectivity index (χ2n) is 12.7. The zero-order valence-corrected chi connectivity index (χ0v) is 27.0. The van der Waals surface area contributed by atoms with Gasteiger partial charge in [0.25, 0.3) is 0 Å². The van der Waals surface area contributed by atoms with Gasteiger partial charge in [0.15, 0.2) is 5.17 Å². The number of rotatable bonds is 10. The largest absolute Gasteiger partial charge is 0.492 e. The van der Waals surface area contributed by atoms with Gasteiger partial charge in [0.2, 0.25) is 5.91 Å². The molecule has 2 fully saturated rings. The zero-order chi connectivity index (χ0) is 30.8. The predicted molar refractivity (Wildman–Crippen MR) is 176 cm³/mol. The van der Waals surface area contributed by atoms with Crippen molar-refractivity contribution in [1.29, 1.82) is 5.41 Å². The first-order valence-corrected chi connectivity index (χ1v) is 16.6. The molecule has 44 heavy (non-hydrogen) atoms. The first-order valence-electron chi connectivity index (χ1n) is 15.7. The van der Waals surface area contributed by atoms with Gasteiger partial charge in [-0.15, -0.1) is 0 Å². The minimum atomic E-state index is -0.270. The number of ether oxygens (including phenoxy) is 3. The van der Waals surface area contributed by atoms with Crippen LogP contribution in [0.2, 0.25) is 0 Å². The van der Waals surface area contributed by atoms with E-state index in [0.29, 0.717) is 25.7 Å². The topological polar surface area (TPSA) is 83.9 Å². The summed E-state index contributed by atoms with van der Waals surface area (Å²) < 4.78 is 19.5. The summed E-state index contributed by atoms with van der Waals surface area (Å²) in [4.78, 5) is 14.5. The van der Waals surface area contributed by atoms with Crippen LogP contribution in [0.25, 0.3) is 0 Å². The highest BCUT2D eigenvalue weighted by molar-refractivity contribution is 8.15. The molecule has 2 N–H and O–H groups in total. The SMILES string of the molecule is Cc1c(C)c2c(c(C)c1OCc1ccccc1)CC[C@@](C)(CN1CCC[C@H]1COc1ccc(CC3SC(=N)NC3=O)cc1)O2. The van der Waals surface area contributed by atoms with E-state index in [1.54, 1.807) is 0 Å². The average molecular weight is 614 g/mol. The standard InChI is InChI=1S/C36H43N3O4S/c1-23-24(2)33-30(25(3)32(23)42-20-27-9-6-5-7-10-27)16-17-36(4,43-33)22-39-18-8-11-28(39)21-41-29-14-12-26(13-15-29)19-31-34(40)38-35(37)44-31/h5-7,9-10,12-15,28,31H,8,11,16-22H2,1-4H3,(H2,37,38,40)/t28-,31?,36-/m0/s1. The summed E-state index contributed by atoms with van der Waals surface area (Å²) in [7, 11) is 0. The molecular formula is C36H43N3O4S. The molecule has 1 amide bonds. The Labute approximate surface area is 265 Å². The molecule has 7 nitrogen and oxygen atoms in total. The summed E-state index contributed by atoms with van der Waals surface area (Å²) >= 11 is 1.28. The molecule has 8 heteroatoms. The van der Waals surface area contributed by atoms with Crippen molar-refractivity contribution in [1.82, 2.24) is 10.2 Å². The van der Waals surface area contributed by atoms with E-state index in [1.807, 2.05) is 42.5 Å². The lowest BCUT2D eigenvalue weighted by atomic mass is 9.86. The van der Waals surface area contributed by atoms with Gasteiger partial charge in [0, 0.05) is 18.2 Å². The summed E-state index contributed by atoms with van der Waals surface area (Å²) in [5.41, 5.74) is 6.78. The summed E-state index contributed by atoms with van der Waals surface area (Å²) in [6.07, 6.45) is 4.82. The Morgan fingerprint density at radius 1 is 1.02 bits per heavy atom. The molecule has 3 heterocycles. The van der Waals surface area contributed by atoms with Crippen LogP contribution in [-0.2, 0) is 24.2 Å². The Kier molecular flexibility index (Phi) is 8.92. The summed E-state index contributed by atoms with van der Waals surface area (Å²) in [6.45, 7) is 11.9. The Balaban J connectivity index is 1.06. The van der Waals surface area contributed by atoms with Gasteiger partial charge in [0.05, 0.1) is 5.25 Å². The van der Waals surface area contributed by atoms with Crippen molar-refractivity contribution in [2.75, 3.05) is 19.7 Å². The molecule has 2 saturated heterocycles. The third kappa shape index (κ3) is 6.61. The fourth-order valence-corrected chi connectivity index (χ4v) is 7.63. The molecule has 1 unspecified atom stereocenters. The van der Waals surface area contributed by atoms with Gasteiger partial charge in [-0.05, 0) is 106 Å². The number of nitrogens with one attached hydrogen (secondary N) is 2. The van der Waals surface area contributed by atoms with Gasteiger partial charge >= 0.3 is 0 Å². The quantitative estimate of drug-likeness (QED) is 0.271. The van der Waals surface area contributed by atoms with Gasteiger partial charge in [-0.1, -0.05) is 54.2 Å². The number of fused-ring (bicyclic) bond motifs is 1. The van der Waals surface area contributed by atoms with Crippen LogP contribution >= 0.6 is 11.8 Å². The van der Waals surface area contributed by atoms with Crippen molar-refractivity contribution in [3.05, 3.63) is 88.0 Å². The normalized spacial score (nSPS) is 23.3. The Morgan fingerprint density at radius 3 is 2.52 bits per heavy atom. The Morgan fingerprint density at radius 2 is 1.80 bits per heavy atom. The lowest BCUT2D eigenvalue weighted by molar-refractivity contribution is -0.118. The number of benzene rings is 3. The highest BCUT2D eigenvalue weighted by atomic mass is 32.2. The van der Waals surface area contributed by atoms with E-state index >= 15 is 0 Å². The molecule has 3 aliphatic rings. The van der Waals surface area contributed by atoms with Crippen molar-refractivity contribution in [2.24, 2.45) is 0 Å². The highest BCUT2D eigenvalue weighted by Crippen LogP contribution is 2.44.